The molecule has 0 aliphatic carbocycles. The van der Waals surface area contributed by atoms with Gasteiger partial charge in [0, 0.05) is 12.4 Å². The van der Waals surface area contributed by atoms with Crippen LogP contribution in [0.4, 0.5) is 17.1 Å². The van der Waals surface area contributed by atoms with Gasteiger partial charge in [-0.05, 0) is 36.4 Å². The molecule has 13 rings (SSSR count). The molecule has 4 aromatic heterocycles. The zero-order chi connectivity index (χ0) is 48.2. The third-order valence-corrected chi connectivity index (χ3v) is 36.1. The van der Waals surface area contributed by atoms with E-state index in [0.29, 0.717) is 23.0 Å². The normalized spacial score (nSPS) is 13.8. The molecule has 0 spiro atoms. The van der Waals surface area contributed by atoms with Gasteiger partial charge in [0.25, 0.3) is 0 Å². The van der Waals surface area contributed by atoms with Crippen molar-refractivity contribution in [3.63, 3.8) is 0 Å². The fourth-order valence-corrected chi connectivity index (χ4v) is 33.6. The van der Waals surface area contributed by atoms with Crippen LogP contribution in [0, 0.1) is 0 Å². The first kappa shape index (κ1) is 44.8. The average molecular weight is 1140 g/mol. The van der Waals surface area contributed by atoms with Gasteiger partial charge in [-0.2, -0.15) is 0 Å². The van der Waals surface area contributed by atoms with Crippen molar-refractivity contribution in [2.24, 2.45) is 0 Å². The summed E-state index contributed by atoms with van der Waals surface area (Å²) in [5.74, 6) is 4.28. The van der Waals surface area contributed by atoms with Crippen molar-refractivity contribution in [3.8, 4) is 79.5 Å². The molecular formula is C62H54BN5O3Pb. The number of aromatic nitrogens is 4. The minimum absolute atomic E-state index is 0.357. The summed E-state index contributed by atoms with van der Waals surface area (Å²) in [5.41, 5.74) is 13.0. The summed E-state index contributed by atoms with van der Waals surface area (Å²) >= 11 is -3.51. The summed E-state index contributed by atoms with van der Waals surface area (Å²) in [4.78, 5) is 22.3. The van der Waals surface area contributed by atoms with Crippen LogP contribution in [0.3, 0.4) is 0 Å². The number of nitrogens with zero attached hydrogens (tertiary/aromatic N) is 5. The van der Waals surface area contributed by atoms with E-state index in [2.05, 4.69) is 104 Å². The Morgan fingerprint density at radius 2 is 0.806 bits per heavy atom. The second kappa shape index (κ2) is 18.8. The third-order valence-electron chi connectivity index (χ3n) is 15.4. The molecule has 0 saturated heterocycles. The van der Waals surface area contributed by atoms with Crippen molar-refractivity contribution in [1.29, 1.82) is 0 Å². The fraction of sp³-hybridized carbons (Fsp3) is 0.194. The number of rotatable bonds is 15. The third kappa shape index (κ3) is 7.36. The molecule has 10 heteroatoms. The Bertz CT molecular complexity index is 3280. The first-order valence-corrected chi connectivity index (χ1v) is 35.3. The van der Waals surface area contributed by atoms with E-state index >= 15 is 0 Å². The maximum atomic E-state index is 7.50. The van der Waals surface area contributed by atoms with Gasteiger partial charge in [-0.3, -0.25) is 9.97 Å². The molecule has 0 amide bonds. The van der Waals surface area contributed by atoms with E-state index in [1.165, 1.54) is 70.7 Å². The van der Waals surface area contributed by atoms with Crippen LogP contribution in [0.15, 0.2) is 170 Å². The summed E-state index contributed by atoms with van der Waals surface area (Å²) in [7, 11) is 0. The van der Waals surface area contributed by atoms with Crippen molar-refractivity contribution in [1.82, 2.24) is 19.9 Å². The number of para-hydroxylation sites is 2. The number of hydrogen-bond donors (Lipinski definition) is 0. The van der Waals surface area contributed by atoms with E-state index < -0.39 is 21.2 Å². The van der Waals surface area contributed by atoms with Gasteiger partial charge in [-0.25, -0.2) is 0 Å². The monoisotopic (exact) mass is 1140 g/mol. The van der Waals surface area contributed by atoms with Gasteiger partial charge in [0.1, 0.15) is 0 Å². The number of ether oxygens (including phenoxy) is 3. The van der Waals surface area contributed by atoms with Crippen LogP contribution >= 0.6 is 0 Å². The molecule has 4 aliphatic rings. The molecule has 72 heavy (non-hydrogen) atoms. The molecule has 0 radical (unpaired) electrons. The molecule has 8 heterocycles. The first-order valence-electron chi connectivity index (χ1n) is 25.9. The van der Waals surface area contributed by atoms with Crippen LogP contribution in [-0.2, 0) is 0 Å². The van der Waals surface area contributed by atoms with E-state index in [1.807, 2.05) is 85.5 Å². The standard InChI is InChI=1S/C50H28BN5O3.2C6H13.Pb/c1-3-15-31(16-4-1)56(32-17-5-2-6-18-32)33-27-42-44-43(28-33)58-48-35(39-20-8-12-24-53-39)30-37(41-22-10-14-26-55-41)50-46(48)51(44)45-47(57-42)34(38-19-7-11-23-52-38)29-36(49(45)59-50)40-21-9-13-25-54-40;2*1-3-5-6-4-2;/h1-15,17,19-30H;2*1,3-6H2,2H3;. The minimum atomic E-state index is -3.51. The Morgan fingerprint density at radius 1 is 0.417 bits per heavy atom. The number of fused-ring (bicyclic) bond motifs is 2. The molecule has 0 bridgehead atoms. The second-order valence-electron chi connectivity index (χ2n) is 19.6. The summed E-state index contributed by atoms with van der Waals surface area (Å²) in [6, 6.07) is 51.7. The Hall–Kier alpha value is -7.11. The van der Waals surface area contributed by atoms with E-state index in [-0.39, 0.29) is 6.71 Å². The van der Waals surface area contributed by atoms with E-state index in [9.17, 15) is 0 Å². The van der Waals surface area contributed by atoms with Crippen LogP contribution in [-0.4, -0.2) is 47.8 Å². The predicted octanol–water partition coefficient (Wildman–Crippen LogP) is 13.3. The second-order valence-corrected chi connectivity index (χ2v) is 36.1. The maximum absolute atomic E-state index is 7.50. The molecule has 0 N–H and O–H groups in total. The Labute approximate surface area is 426 Å². The van der Waals surface area contributed by atoms with Crippen LogP contribution in [0.25, 0.3) is 45.0 Å². The van der Waals surface area contributed by atoms with Gasteiger partial charge < -0.3 is 0 Å². The number of benzene rings is 5. The van der Waals surface area contributed by atoms with Gasteiger partial charge in [0.05, 0.1) is 0 Å². The Balaban J connectivity index is 1.08. The summed E-state index contributed by atoms with van der Waals surface area (Å²) in [6.45, 7) is 4.29. The molecule has 4 aliphatic heterocycles. The molecule has 0 fully saturated rings. The van der Waals surface area contributed by atoms with Crippen molar-refractivity contribution >= 4 is 67.6 Å². The van der Waals surface area contributed by atoms with Crippen molar-refractivity contribution in [2.45, 2.75) is 73.2 Å². The molecule has 8 nitrogen and oxygen atoms in total. The van der Waals surface area contributed by atoms with Gasteiger partial charge in [0.15, 0.2) is 0 Å². The molecule has 5 aromatic carbocycles. The quantitative estimate of drug-likeness (QED) is 0.0742. The molecule has 0 atom stereocenters. The van der Waals surface area contributed by atoms with E-state index in [4.69, 9.17) is 34.1 Å². The SMILES string of the molecule is CCCCC[CH2][Pb]1([CH2]CCCCC)[c]2ccccc2N(c2cc3c4c(c2)Oc2c(-c5ccccn5)cc(-c5ccccn5)c5c2B4c2c(c(-c4ccccn4)cc(-c4ccccn4)c2O5)O3)c2cccc[c]21. The summed E-state index contributed by atoms with van der Waals surface area (Å²) in [5, 5.41) is 0. The van der Waals surface area contributed by atoms with Gasteiger partial charge >= 0.3 is 359 Å². The predicted molar refractivity (Wildman–Crippen MR) is 295 cm³/mol. The number of hydrogen-bond acceptors (Lipinski definition) is 8. The topological polar surface area (TPSA) is 82.5 Å². The molecule has 352 valence electrons. The molecule has 0 saturated carbocycles. The van der Waals surface area contributed by atoms with Gasteiger partial charge in [-0.1, -0.05) is 12.1 Å². The van der Waals surface area contributed by atoms with Gasteiger partial charge in [0.2, 0.25) is 0 Å². The van der Waals surface area contributed by atoms with Crippen molar-refractivity contribution < 1.29 is 14.2 Å². The van der Waals surface area contributed by atoms with E-state index in [0.717, 1.165) is 78.6 Å². The van der Waals surface area contributed by atoms with Crippen LogP contribution < -0.4 is 41.7 Å². The fourth-order valence-electron chi connectivity index (χ4n) is 12.1. The van der Waals surface area contributed by atoms with Crippen molar-refractivity contribution in [2.75, 3.05) is 4.90 Å². The van der Waals surface area contributed by atoms with E-state index in [1.54, 1.807) is 6.25 Å². The van der Waals surface area contributed by atoms with Crippen LogP contribution in [0.2, 0.25) is 7.96 Å². The first-order chi connectivity index (χ1) is 35.6. The van der Waals surface area contributed by atoms with Crippen LogP contribution in [0.1, 0.15) is 65.2 Å². The number of unbranched alkanes of at least 4 members (excludes halogenated alkanes) is 6. The Morgan fingerprint density at radius 3 is 1.19 bits per heavy atom. The molecule has 9 aromatic rings. The van der Waals surface area contributed by atoms with Crippen molar-refractivity contribution in [3.05, 3.63) is 170 Å². The summed E-state index contributed by atoms with van der Waals surface area (Å²) in [6.07, 6.45) is 17.5. The molecular weight excluding hydrogens is 1080 g/mol. The summed E-state index contributed by atoms with van der Waals surface area (Å²) < 4.78 is 28.3. The van der Waals surface area contributed by atoms with Crippen LogP contribution in [0.5, 0.6) is 34.5 Å². The zero-order valence-electron chi connectivity index (χ0n) is 40.8. The number of anilines is 3. The van der Waals surface area contributed by atoms with Gasteiger partial charge in [-0.15, -0.1) is 0 Å². The molecule has 0 unspecified atom stereocenters. The Kier molecular flexibility index (Phi) is 11.7. The zero-order valence-corrected chi connectivity index (χ0v) is 44.7. The average Bonchev–Trinajstić information content (AvgIpc) is 3.44. The number of pyridine rings is 4.